The second-order valence-corrected chi connectivity index (χ2v) is 6.77. The van der Waals surface area contributed by atoms with Crippen LogP contribution in [0.5, 0.6) is 17.2 Å². The molecule has 0 spiro atoms. The van der Waals surface area contributed by atoms with Crippen molar-refractivity contribution >= 4 is 5.96 Å². The number of hydrogen-bond donors (Lipinski definition) is 2. The van der Waals surface area contributed by atoms with Crippen molar-refractivity contribution in [3.05, 3.63) is 35.7 Å². The smallest absolute Gasteiger partial charge is 0.203 e. The topological polar surface area (TPSA) is 85.2 Å². The highest BCUT2D eigenvalue weighted by Crippen LogP contribution is 2.38. The molecule has 29 heavy (non-hydrogen) atoms. The van der Waals surface area contributed by atoms with E-state index in [9.17, 15) is 0 Å². The van der Waals surface area contributed by atoms with Crippen LogP contribution in [0.25, 0.3) is 0 Å². The first-order valence-corrected chi connectivity index (χ1v) is 9.31. The summed E-state index contributed by atoms with van der Waals surface area (Å²) in [7, 11) is 12.6. The Hall–Kier alpha value is -2.94. The van der Waals surface area contributed by atoms with Crippen LogP contribution in [-0.4, -0.2) is 69.7 Å². The molecule has 0 aliphatic heterocycles. The van der Waals surface area contributed by atoms with Gasteiger partial charge in [-0.1, -0.05) is 0 Å². The van der Waals surface area contributed by atoms with Crippen LogP contribution < -0.4 is 24.8 Å². The fraction of sp³-hybridized carbons (Fsp3) is 0.500. The molecule has 0 amide bonds. The second kappa shape index (κ2) is 10.6. The molecule has 160 valence electrons. The van der Waals surface area contributed by atoms with Crippen LogP contribution in [0.2, 0.25) is 0 Å². The summed E-state index contributed by atoms with van der Waals surface area (Å²) in [6.07, 6.45) is 3.91. The van der Waals surface area contributed by atoms with E-state index in [0.717, 1.165) is 11.1 Å². The Balaban J connectivity index is 2.03. The van der Waals surface area contributed by atoms with E-state index in [1.165, 1.54) is 0 Å². The lowest BCUT2D eigenvalue weighted by molar-refractivity contribution is 0.298. The maximum Gasteiger partial charge on any atom is 0.203 e. The first-order valence-electron chi connectivity index (χ1n) is 9.31. The molecule has 0 fully saturated rings. The Kier molecular flexibility index (Phi) is 8.14. The molecule has 0 saturated carbocycles. The van der Waals surface area contributed by atoms with E-state index in [0.29, 0.717) is 36.3 Å². The van der Waals surface area contributed by atoms with Crippen molar-refractivity contribution in [2.24, 2.45) is 12.0 Å². The predicted molar refractivity (Wildman–Crippen MR) is 114 cm³/mol. The molecule has 9 heteroatoms. The largest absolute Gasteiger partial charge is 0.493 e. The minimum atomic E-state index is 0.170. The maximum absolute atomic E-state index is 5.42. The molecule has 1 aromatic carbocycles. The van der Waals surface area contributed by atoms with Crippen LogP contribution in [0.15, 0.2) is 29.5 Å². The summed E-state index contributed by atoms with van der Waals surface area (Å²) in [4.78, 5) is 6.47. The van der Waals surface area contributed by atoms with Gasteiger partial charge < -0.3 is 29.7 Å². The highest BCUT2D eigenvalue weighted by atomic mass is 16.5. The van der Waals surface area contributed by atoms with Crippen LogP contribution in [0.4, 0.5) is 0 Å². The number of benzene rings is 1. The minimum Gasteiger partial charge on any atom is -0.493 e. The molecule has 0 saturated heterocycles. The number of nitrogens with one attached hydrogen (secondary N) is 2. The van der Waals surface area contributed by atoms with Crippen molar-refractivity contribution in [3.63, 3.8) is 0 Å². The molecule has 0 bridgehead atoms. The molecule has 1 aromatic heterocycles. The summed E-state index contributed by atoms with van der Waals surface area (Å²) in [5.41, 5.74) is 2.13. The third-order valence-electron chi connectivity index (χ3n) is 4.60. The molecule has 2 N–H and O–H groups in total. The van der Waals surface area contributed by atoms with Gasteiger partial charge in [0.05, 0.1) is 33.6 Å². The van der Waals surface area contributed by atoms with Gasteiger partial charge in [-0.05, 0) is 31.8 Å². The molecule has 0 radical (unpaired) electrons. The first-order chi connectivity index (χ1) is 13.9. The third-order valence-corrected chi connectivity index (χ3v) is 4.60. The number of methoxy groups -OCH3 is 3. The third kappa shape index (κ3) is 5.77. The quantitative estimate of drug-likeness (QED) is 0.483. The van der Waals surface area contributed by atoms with Crippen molar-refractivity contribution in [2.75, 3.05) is 49.0 Å². The number of rotatable bonds is 9. The van der Waals surface area contributed by atoms with E-state index in [2.05, 4.69) is 25.6 Å². The number of aliphatic imine (C=N–C) groups is 1. The van der Waals surface area contributed by atoms with E-state index >= 15 is 0 Å². The Morgan fingerprint density at radius 2 is 1.79 bits per heavy atom. The molecule has 2 aromatic rings. The normalized spacial score (nSPS) is 12.6. The SMILES string of the molecule is CN=C(NCc1cc(OC)c(OC)c(OC)c1)NCC(c1cnn(C)c1)N(C)C. The zero-order chi connectivity index (χ0) is 21.4. The summed E-state index contributed by atoms with van der Waals surface area (Å²) in [5, 5.41) is 11.0. The molecule has 1 heterocycles. The Morgan fingerprint density at radius 1 is 1.14 bits per heavy atom. The van der Waals surface area contributed by atoms with Crippen molar-refractivity contribution in [2.45, 2.75) is 12.6 Å². The minimum absolute atomic E-state index is 0.170. The van der Waals surface area contributed by atoms with Gasteiger partial charge in [0.15, 0.2) is 17.5 Å². The number of likely N-dealkylation sites (N-methyl/N-ethyl adjacent to an activating group) is 1. The zero-order valence-corrected chi connectivity index (χ0v) is 18.3. The number of ether oxygens (including phenoxy) is 3. The van der Waals surface area contributed by atoms with Gasteiger partial charge in [0, 0.05) is 38.9 Å². The van der Waals surface area contributed by atoms with Gasteiger partial charge in [-0.3, -0.25) is 9.67 Å². The summed E-state index contributed by atoms with van der Waals surface area (Å²) >= 11 is 0. The van der Waals surface area contributed by atoms with Crippen LogP contribution in [0, 0.1) is 0 Å². The summed E-state index contributed by atoms with van der Waals surface area (Å²) in [6.45, 7) is 1.24. The van der Waals surface area contributed by atoms with Crippen molar-refractivity contribution in [1.82, 2.24) is 25.3 Å². The molecule has 0 aliphatic rings. The van der Waals surface area contributed by atoms with Crippen molar-refractivity contribution in [1.29, 1.82) is 0 Å². The monoisotopic (exact) mass is 404 g/mol. The van der Waals surface area contributed by atoms with Gasteiger partial charge in [-0.25, -0.2) is 0 Å². The van der Waals surface area contributed by atoms with Gasteiger partial charge in [0.1, 0.15) is 0 Å². The average Bonchev–Trinajstić information content (AvgIpc) is 3.14. The lowest BCUT2D eigenvalue weighted by Crippen LogP contribution is -2.41. The Morgan fingerprint density at radius 3 is 2.24 bits per heavy atom. The molecular weight excluding hydrogens is 372 g/mol. The number of guanidine groups is 1. The van der Waals surface area contributed by atoms with Gasteiger partial charge >= 0.3 is 0 Å². The van der Waals surface area contributed by atoms with Crippen LogP contribution in [0.3, 0.4) is 0 Å². The second-order valence-electron chi connectivity index (χ2n) is 6.77. The molecular formula is C20H32N6O3. The van der Waals surface area contributed by atoms with Crippen LogP contribution >= 0.6 is 0 Å². The first kappa shape index (κ1) is 22.4. The lowest BCUT2D eigenvalue weighted by Gasteiger charge is -2.24. The Bertz CT molecular complexity index is 793. The van der Waals surface area contributed by atoms with Gasteiger partial charge in [-0.2, -0.15) is 5.10 Å². The van der Waals surface area contributed by atoms with E-state index < -0.39 is 0 Å². The van der Waals surface area contributed by atoms with Crippen molar-refractivity contribution < 1.29 is 14.2 Å². The van der Waals surface area contributed by atoms with Gasteiger partial charge in [-0.15, -0.1) is 0 Å². The number of aryl methyl sites for hydroxylation is 1. The standard InChI is InChI=1S/C20H32N6O3/c1-21-20(23-12-16(25(2)3)15-11-24-26(4)13-15)22-10-14-8-17(27-5)19(29-7)18(9-14)28-6/h8-9,11,13,16H,10,12H2,1-7H3,(H2,21,22,23). The predicted octanol–water partition coefficient (Wildman–Crippen LogP) is 1.41. The summed E-state index contributed by atoms with van der Waals surface area (Å²) < 4.78 is 18.0. The zero-order valence-electron chi connectivity index (χ0n) is 18.3. The average molecular weight is 405 g/mol. The highest BCUT2D eigenvalue weighted by molar-refractivity contribution is 5.79. The molecule has 1 atom stereocenters. The fourth-order valence-corrected chi connectivity index (χ4v) is 3.05. The highest BCUT2D eigenvalue weighted by Gasteiger charge is 2.17. The fourth-order valence-electron chi connectivity index (χ4n) is 3.05. The van der Waals surface area contributed by atoms with E-state index in [-0.39, 0.29) is 6.04 Å². The Labute approximate surface area is 172 Å². The number of hydrogen-bond acceptors (Lipinski definition) is 6. The van der Waals surface area contributed by atoms with Crippen LogP contribution in [0.1, 0.15) is 17.2 Å². The van der Waals surface area contributed by atoms with Crippen molar-refractivity contribution in [3.8, 4) is 17.2 Å². The summed E-state index contributed by atoms with van der Waals surface area (Å²) in [6, 6.07) is 4.00. The van der Waals surface area contributed by atoms with Gasteiger partial charge in [0.2, 0.25) is 5.75 Å². The van der Waals surface area contributed by atoms with E-state index in [1.807, 2.05) is 50.4 Å². The maximum atomic E-state index is 5.42. The number of nitrogens with zero attached hydrogens (tertiary/aromatic N) is 4. The van der Waals surface area contributed by atoms with E-state index in [4.69, 9.17) is 14.2 Å². The summed E-state index contributed by atoms with van der Waals surface area (Å²) in [5.74, 6) is 2.52. The molecule has 9 nitrogen and oxygen atoms in total. The van der Waals surface area contributed by atoms with Crippen LogP contribution in [-0.2, 0) is 13.6 Å². The molecule has 0 aliphatic carbocycles. The molecule has 2 rings (SSSR count). The molecule has 1 unspecified atom stereocenters. The number of aromatic nitrogens is 2. The van der Waals surface area contributed by atoms with Gasteiger partial charge in [0.25, 0.3) is 0 Å². The van der Waals surface area contributed by atoms with E-state index in [1.54, 1.807) is 28.4 Å². The lowest BCUT2D eigenvalue weighted by atomic mass is 10.1.